The summed E-state index contributed by atoms with van der Waals surface area (Å²) in [6, 6.07) is 0.543. The smallest absolute Gasteiger partial charge is 0.0649 e. The summed E-state index contributed by atoms with van der Waals surface area (Å²) in [5.41, 5.74) is 3.84. The van der Waals surface area contributed by atoms with Gasteiger partial charge in [0.2, 0.25) is 0 Å². The quantitative estimate of drug-likeness (QED) is 0.763. The highest BCUT2D eigenvalue weighted by molar-refractivity contribution is 5.22. The summed E-state index contributed by atoms with van der Waals surface area (Å²) < 4.78 is 2.22. The fraction of sp³-hybridized carbons (Fsp3) is 0.750. The standard InChI is InChI=1S/C12H21N3/c1-8-5-12(7-13-6-8)15-11(4)9(2)10(3)14-15/h8,12-13H,5-7H2,1-4H3. The van der Waals surface area contributed by atoms with Crippen LogP contribution in [0.5, 0.6) is 0 Å². The van der Waals surface area contributed by atoms with Gasteiger partial charge in [0.25, 0.3) is 0 Å². The van der Waals surface area contributed by atoms with E-state index < -0.39 is 0 Å². The van der Waals surface area contributed by atoms with Gasteiger partial charge in [-0.05, 0) is 45.2 Å². The van der Waals surface area contributed by atoms with E-state index in [9.17, 15) is 0 Å². The predicted octanol–water partition coefficient (Wildman–Crippen LogP) is 1.98. The molecule has 1 N–H and O–H groups in total. The van der Waals surface area contributed by atoms with Crippen LogP contribution in [0.1, 0.15) is 36.3 Å². The molecule has 1 aromatic heterocycles. The molecule has 0 aliphatic carbocycles. The third kappa shape index (κ3) is 1.93. The van der Waals surface area contributed by atoms with Gasteiger partial charge in [0.1, 0.15) is 0 Å². The zero-order valence-electron chi connectivity index (χ0n) is 10.2. The third-order valence-electron chi connectivity index (χ3n) is 3.58. The van der Waals surface area contributed by atoms with Gasteiger partial charge >= 0.3 is 0 Å². The Labute approximate surface area is 91.9 Å². The number of rotatable bonds is 1. The van der Waals surface area contributed by atoms with Crippen molar-refractivity contribution in [2.24, 2.45) is 5.92 Å². The highest BCUT2D eigenvalue weighted by Crippen LogP contribution is 2.23. The SMILES string of the molecule is Cc1nn(C2CNCC(C)C2)c(C)c1C. The lowest BCUT2D eigenvalue weighted by molar-refractivity contribution is 0.281. The molecule has 2 rings (SSSR count). The average molecular weight is 207 g/mol. The van der Waals surface area contributed by atoms with Crippen LogP contribution in [0.25, 0.3) is 0 Å². The molecule has 3 nitrogen and oxygen atoms in total. The van der Waals surface area contributed by atoms with Crippen molar-refractivity contribution in [2.45, 2.75) is 40.2 Å². The first-order valence-electron chi connectivity index (χ1n) is 5.82. The maximum Gasteiger partial charge on any atom is 0.0649 e. The van der Waals surface area contributed by atoms with Gasteiger partial charge in [-0.1, -0.05) is 6.92 Å². The summed E-state index contributed by atoms with van der Waals surface area (Å²) in [5, 5.41) is 8.12. The Bertz CT molecular complexity index is 354. The van der Waals surface area contributed by atoms with Gasteiger partial charge in [0.15, 0.2) is 0 Å². The van der Waals surface area contributed by atoms with Crippen LogP contribution in [0.4, 0.5) is 0 Å². The number of hydrogen-bond acceptors (Lipinski definition) is 2. The molecule has 0 amide bonds. The van der Waals surface area contributed by atoms with Crippen molar-refractivity contribution in [1.29, 1.82) is 0 Å². The van der Waals surface area contributed by atoms with Crippen LogP contribution in [0.15, 0.2) is 0 Å². The highest BCUT2D eigenvalue weighted by Gasteiger charge is 2.22. The fourth-order valence-corrected chi connectivity index (χ4v) is 2.41. The van der Waals surface area contributed by atoms with Crippen LogP contribution in [0, 0.1) is 26.7 Å². The lowest BCUT2D eigenvalue weighted by Crippen LogP contribution is -2.37. The Hall–Kier alpha value is -0.830. The first-order chi connectivity index (χ1) is 7.09. The Morgan fingerprint density at radius 3 is 2.53 bits per heavy atom. The highest BCUT2D eigenvalue weighted by atomic mass is 15.3. The Balaban J connectivity index is 2.25. The lowest BCUT2D eigenvalue weighted by Gasteiger charge is -2.28. The average Bonchev–Trinajstić information content (AvgIpc) is 2.46. The molecule has 1 aliphatic rings. The second-order valence-electron chi connectivity index (χ2n) is 4.89. The number of hydrogen-bond donors (Lipinski definition) is 1. The summed E-state index contributed by atoms with van der Waals surface area (Å²) in [6.45, 7) is 10.9. The third-order valence-corrected chi connectivity index (χ3v) is 3.58. The Morgan fingerprint density at radius 1 is 1.27 bits per heavy atom. The normalized spacial score (nSPS) is 26.9. The van der Waals surface area contributed by atoms with Gasteiger partial charge in [-0.15, -0.1) is 0 Å². The van der Waals surface area contributed by atoms with Gasteiger partial charge in [-0.3, -0.25) is 4.68 Å². The molecule has 2 atom stereocenters. The van der Waals surface area contributed by atoms with E-state index in [4.69, 9.17) is 0 Å². The number of piperidine rings is 1. The predicted molar refractivity (Wildman–Crippen MR) is 62.1 cm³/mol. The molecule has 1 saturated heterocycles. The van der Waals surface area contributed by atoms with Crippen LogP contribution >= 0.6 is 0 Å². The zero-order valence-corrected chi connectivity index (χ0v) is 10.2. The molecule has 0 spiro atoms. The maximum atomic E-state index is 4.64. The summed E-state index contributed by atoms with van der Waals surface area (Å²) in [4.78, 5) is 0. The van der Waals surface area contributed by atoms with Crippen molar-refractivity contribution >= 4 is 0 Å². The van der Waals surface area contributed by atoms with Crippen molar-refractivity contribution in [3.63, 3.8) is 0 Å². The van der Waals surface area contributed by atoms with Crippen molar-refractivity contribution < 1.29 is 0 Å². The molecule has 84 valence electrons. The van der Waals surface area contributed by atoms with E-state index in [-0.39, 0.29) is 0 Å². The Morgan fingerprint density at radius 2 is 2.00 bits per heavy atom. The van der Waals surface area contributed by atoms with Gasteiger partial charge in [0, 0.05) is 12.2 Å². The minimum absolute atomic E-state index is 0.543. The van der Waals surface area contributed by atoms with Crippen LogP contribution in [-0.2, 0) is 0 Å². The second kappa shape index (κ2) is 3.97. The molecule has 1 aromatic rings. The van der Waals surface area contributed by atoms with Crippen molar-refractivity contribution in [3.8, 4) is 0 Å². The van der Waals surface area contributed by atoms with Crippen LogP contribution in [0.2, 0.25) is 0 Å². The van der Waals surface area contributed by atoms with Crippen LogP contribution in [-0.4, -0.2) is 22.9 Å². The molecule has 1 aliphatic heterocycles. The van der Waals surface area contributed by atoms with Gasteiger partial charge < -0.3 is 5.32 Å². The fourth-order valence-electron chi connectivity index (χ4n) is 2.41. The van der Waals surface area contributed by atoms with Crippen molar-refractivity contribution in [3.05, 3.63) is 17.0 Å². The van der Waals surface area contributed by atoms with E-state index in [1.54, 1.807) is 0 Å². The topological polar surface area (TPSA) is 29.9 Å². The van der Waals surface area contributed by atoms with Crippen molar-refractivity contribution in [1.82, 2.24) is 15.1 Å². The van der Waals surface area contributed by atoms with Crippen LogP contribution in [0.3, 0.4) is 0 Å². The van der Waals surface area contributed by atoms with E-state index in [0.717, 1.165) is 19.0 Å². The summed E-state index contributed by atoms with van der Waals surface area (Å²) in [5.74, 6) is 0.757. The summed E-state index contributed by atoms with van der Waals surface area (Å²) in [6.07, 6.45) is 1.24. The maximum absolute atomic E-state index is 4.64. The lowest BCUT2D eigenvalue weighted by atomic mass is 9.97. The molecule has 0 bridgehead atoms. The molecule has 0 saturated carbocycles. The van der Waals surface area contributed by atoms with Gasteiger partial charge in [0.05, 0.1) is 11.7 Å². The molecule has 2 heterocycles. The summed E-state index contributed by atoms with van der Waals surface area (Å²) in [7, 11) is 0. The molecule has 15 heavy (non-hydrogen) atoms. The summed E-state index contributed by atoms with van der Waals surface area (Å²) >= 11 is 0. The minimum Gasteiger partial charge on any atom is -0.314 e. The molecule has 0 radical (unpaired) electrons. The monoisotopic (exact) mass is 207 g/mol. The number of nitrogens with one attached hydrogen (secondary N) is 1. The Kier molecular flexibility index (Phi) is 2.83. The first-order valence-corrected chi connectivity index (χ1v) is 5.82. The van der Waals surface area contributed by atoms with E-state index in [1.807, 2.05) is 0 Å². The molecule has 3 heteroatoms. The minimum atomic E-state index is 0.543. The molecule has 2 unspecified atom stereocenters. The van der Waals surface area contributed by atoms with E-state index in [0.29, 0.717) is 6.04 Å². The van der Waals surface area contributed by atoms with Gasteiger partial charge in [-0.2, -0.15) is 5.10 Å². The van der Waals surface area contributed by atoms with Crippen LogP contribution < -0.4 is 5.32 Å². The van der Waals surface area contributed by atoms with E-state index >= 15 is 0 Å². The largest absolute Gasteiger partial charge is 0.314 e. The molecule has 1 fully saturated rings. The zero-order chi connectivity index (χ0) is 11.0. The van der Waals surface area contributed by atoms with Gasteiger partial charge in [-0.25, -0.2) is 0 Å². The van der Waals surface area contributed by atoms with E-state index in [1.165, 1.54) is 23.4 Å². The number of aryl methyl sites for hydroxylation is 1. The van der Waals surface area contributed by atoms with E-state index in [2.05, 4.69) is 42.8 Å². The first kappa shape index (κ1) is 10.7. The molecule has 0 aromatic carbocycles. The second-order valence-corrected chi connectivity index (χ2v) is 4.89. The molecular formula is C12H21N3. The number of nitrogens with zero attached hydrogens (tertiary/aromatic N) is 2. The van der Waals surface area contributed by atoms with Crippen molar-refractivity contribution in [2.75, 3.05) is 13.1 Å². The molecular weight excluding hydrogens is 186 g/mol. The number of aromatic nitrogens is 2.